The molecule has 36 heavy (non-hydrogen) atoms. The van der Waals surface area contributed by atoms with Crippen LogP contribution in [-0.2, 0) is 21.1 Å². The third kappa shape index (κ3) is 3.79. The maximum absolute atomic E-state index is 15.3. The van der Waals surface area contributed by atoms with Crippen LogP contribution in [0.25, 0.3) is 10.9 Å². The number of ether oxygens (including phenoxy) is 1. The highest BCUT2D eigenvalue weighted by Gasteiger charge is 2.49. The minimum atomic E-state index is -3.81. The van der Waals surface area contributed by atoms with Crippen LogP contribution in [0.1, 0.15) is 56.3 Å². The van der Waals surface area contributed by atoms with Gasteiger partial charge >= 0.3 is 5.92 Å². The molecule has 0 aliphatic carbocycles. The Kier molecular flexibility index (Phi) is 6.04. The molecule has 2 N–H and O–H groups in total. The number of aliphatic hydroxyl groups is 1. The van der Waals surface area contributed by atoms with Crippen molar-refractivity contribution < 1.29 is 27.8 Å². The van der Waals surface area contributed by atoms with Crippen molar-refractivity contribution in [3.63, 3.8) is 0 Å². The SMILES string of the molecule is CO[C@]1(C)C(=O)N(C)c2cc3c(NC(C)c4cccc(C(F)(F)C(C)(C)O)c4F)nc(C)nc3cc21. The number of hydrogen-bond acceptors (Lipinski definition) is 6. The fourth-order valence-electron chi connectivity index (χ4n) is 4.53. The second-order valence-electron chi connectivity index (χ2n) is 9.82. The number of hydrogen-bond donors (Lipinski definition) is 2. The van der Waals surface area contributed by atoms with Crippen LogP contribution in [0.15, 0.2) is 30.3 Å². The first kappa shape index (κ1) is 25.8. The van der Waals surface area contributed by atoms with Gasteiger partial charge in [-0.05, 0) is 52.8 Å². The van der Waals surface area contributed by atoms with Gasteiger partial charge in [-0.1, -0.05) is 12.1 Å². The van der Waals surface area contributed by atoms with E-state index in [1.165, 1.54) is 24.1 Å². The molecule has 0 saturated heterocycles. The summed E-state index contributed by atoms with van der Waals surface area (Å²) >= 11 is 0. The van der Waals surface area contributed by atoms with Crippen LogP contribution in [0, 0.1) is 12.7 Å². The van der Waals surface area contributed by atoms with Gasteiger partial charge in [0.15, 0.2) is 5.60 Å². The fraction of sp³-hybridized carbons (Fsp3) is 0.423. The lowest BCUT2D eigenvalue weighted by Crippen LogP contribution is -2.41. The number of halogens is 3. The van der Waals surface area contributed by atoms with E-state index >= 15 is 4.39 Å². The number of methoxy groups -OCH3 is 1. The molecule has 2 atom stereocenters. The summed E-state index contributed by atoms with van der Waals surface area (Å²) in [4.78, 5) is 23.3. The quantitative estimate of drug-likeness (QED) is 0.496. The van der Waals surface area contributed by atoms with Crippen LogP contribution in [0.4, 0.5) is 24.7 Å². The topological polar surface area (TPSA) is 87.6 Å². The molecule has 4 rings (SSSR count). The number of nitrogens with zero attached hydrogens (tertiary/aromatic N) is 3. The zero-order valence-electron chi connectivity index (χ0n) is 21.2. The Morgan fingerprint density at radius 1 is 1.22 bits per heavy atom. The Bertz CT molecular complexity index is 1370. The minimum Gasteiger partial charge on any atom is -0.384 e. The lowest BCUT2D eigenvalue weighted by Gasteiger charge is -2.30. The largest absolute Gasteiger partial charge is 0.384 e. The molecule has 1 amide bonds. The summed E-state index contributed by atoms with van der Waals surface area (Å²) in [6, 6.07) is 6.46. The molecule has 192 valence electrons. The van der Waals surface area contributed by atoms with E-state index < -0.39 is 34.5 Å². The normalized spacial score (nSPS) is 19.1. The van der Waals surface area contributed by atoms with Gasteiger partial charge in [0.05, 0.1) is 22.8 Å². The van der Waals surface area contributed by atoms with Gasteiger partial charge in [-0.25, -0.2) is 14.4 Å². The van der Waals surface area contributed by atoms with Crippen LogP contribution < -0.4 is 10.2 Å². The predicted molar refractivity (Wildman–Crippen MR) is 131 cm³/mol. The van der Waals surface area contributed by atoms with E-state index in [0.717, 1.165) is 19.9 Å². The molecule has 0 radical (unpaired) electrons. The van der Waals surface area contributed by atoms with Crippen molar-refractivity contribution in [3.8, 4) is 0 Å². The first-order valence-electron chi connectivity index (χ1n) is 11.4. The average molecular weight is 503 g/mol. The van der Waals surface area contributed by atoms with Gasteiger partial charge in [0, 0.05) is 30.7 Å². The minimum absolute atomic E-state index is 0.0127. The summed E-state index contributed by atoms with van der Waals surface area (Å²) in [5.41, 5.74) is -2.68. The number of rotatable bonds is 6. The maximum atomic E-state index is 15.3. The molecule has 0 spiro atoms. The zero-order chi connectivity index (χ0) is 26.8. The molecule has 2 aromatic carbocycles. The van der Waals surface area contributed by atoms with Crippen molar-refractivity contribution in [2.45, 2.75) is 57.8 Å². The smallest absolute Gasteiger partial charge is 0.303 e. The van der Waals surface area contributed by atoms with Crippen LogP contribution in [0.5, 0.6) is 0 Å². The first-order valence-corrected chi connectivity index (χ1v) is 11.4. The van der Waals surface area contributed by atoms with Gasteiger partial charge in [0.1, 0.15) is 23.1 Å². The Morgan fingerprint density at radius 2 is 1.89 bits per heavy atom. The summed E-state index contributed by atoms with van der Waals surface area (Å²) in [7, 11) is 3.11. The third-order valence-corrected chi connectivity index (χ3v) is 6.88. The molecule has 0 bridgehead atoms. The number of likely N-dealkylation sites (N-methyl/N-ethyl adjacent to an activating group) is 1. The number of benzene rings is 2. The van der Waals surface area contributed by atoms with Crippen molar-refractivity contribution in [1.82, 2.24) is 9.97 Å². The molecule has 0 saturated carbocycles. The fourth-order valence-corrected chi connectivity index (χ4v) is 4.53. The van der Waals surface area contributed by atoms with Crippen molar-refractivity contribution >= 4 is 28.3 Å². The standard InChI is InChI=1S/C26H29F3N4O3/c1-13(15-9-8-10-17(21(15)27)26(28,29)24(3,4)35)30-22-16-11-20-18(12-19(16)31-14(2)32-22)25(5,36-7)23(34)33(20)6/h8-13,35H,1-7H3,(H,30,31,32)/t13?,25-/m0/s1. The summed E-state index contributed by atoms with van der Waals surface area (Å²) in [6.45, 7) is 6.88. The highest BCUT2D eigenvalue weighted by atomic mass is 19.3. The first-order chi connectivity index (χ1) is 16.6. The molecule has 1 aliphatic heterocycles. The summed E-state index contributed by atoms with van der Waals surface area (Å²) < 4.78 is 50.4. The van der Waals surface area contributed by atoms with Gasteiger partial charge < -0.3 is 20.1 Å². The number of fused-ring (bicyclic) bond motifs is 2. The lowest BCUT2D eigenvalue weighted by molar-refractivity contribution is -0.170. The number of amides is 1. The van der Waals surface area contributed by atoms with Gasteiger partial charge in [-0.15, -0.1) is 0 Å². The molecule has 1 aliphatic rings. The van der Waals surface area contributed by atoms with Crippen molar-refractivity contribution in [2.24, 2.45) is 0 Å². The Balaban J connectivity index is 1.80. The van der Waals surface area contributed by atoms with E-state index in [-0.39, 0.29) is 11.5 Å². The summed E-state index contributed by atoms with van der Waals surface area (Å²) in [6.07, 6.45) is 0. The van der Waals surface area contributed by atoms with E-state index in [2.05, 4.69) is 15.3 Å². The van der Waals surface area contributed by atoms with Crippen molar-refractivity contribution in [3.05, 3.63) is 58.7 Å². The van der Waals surface area contributed by atoms with E-state index in [0.29, 0.717) is 33.8 Å². The molecule has 1 aromatic heterocycles. The highest BCUT2D eigenvalue weighted by molar-refractivity contribution is 6.09. The molecular formula is C26H29F3N4O3. The zero-order valence-corrected chi connectivity index (χ0v) is 21.2. The van der Waals surface area contributed by atoms with Gasteiger partial charge in [0.25, 0.3) is 5.91 Å². The third-order valence-electron chi connectivity index (χ3n) is 6.88. The van der Waals surface area contributed by atoms with E-state index in [1.54, 1.807) is 40.0 Å². The number of carbonyl (C=O) groups excluding carboxylic acids is 1. The predicted octanol–water partition coefficient (Wildman–Crippen LogP) is 4.95. The Labute approximate surface area is 207 Å². The summed E-state index contributed by atoms with van der Waals surface area (Å²) in [5.74, 6) is -4.36. The highest BCUT2D eigenvalue weighted by Crippen LogP contribution is 2.45. The molecule has 7 nitrogen and oxygen atoms in total. The number of aromatic nitrogens is 2. The van der Waals surface area contributed by atoms with Crippen LogP contribution in [0.3, 0.4) is 0 Å². The molecule has 10 heteroatoms. The molecule has 2 heterocycles. The molecule has 0 fully saturated rings. The number of nitrogens with one attached hydrogen (secondary N) is 1. The molecule has 3 aromatic rings. The Morgan fingerprint density at radius 3 is 2.50 bits per heavy atom. The number of anilines is 2. The Hall–Kier alpha value is -3.24. The van der Waals surface area contributed by atoms with Crippen LogP contribution in [0.2, 0.25) is 0 Å². The number of aryl methyl sites for hydroxylation is 1. The maximum Gasteiger partial charge on any atom is 0.303 e. The van der Waals surface area contributed by atoms with Crippen molar-refractivity contribution in [1.29, 1.82) is 0 Å². The molecular weight excluding hydrogens is 473 g/mol. The van der Waals surface area contributed by atoms with Gasteiger partial charge in [0.2, 0.25) is 0 Å². The number of carbonyl (C=O) groups is 1. The second kappa shape index (κ2) is 8.41. The average Bonchev–Trinajstić information content (AvgIpc) is 2.98. The van der Waals surface area contributed by atoms with Crippen LogP contribution in [-0.4, -0.2) is 40.7 Å². The van der Waals surface area contributed by atoms with Gasteiger partial charge in [-0.3, -0.25) is 4.79 Å². The van der Waals surface area contributed by atoms with E-state index in [1.807, 2.05) is 0 Å². The van der Waals surface area contributed by atoms with E-state index in [4.69, 9.17) is 4.74 Å². The lowest BCUT2D eigenvalue weighted by atomic mass is 9.91. The van der Waals surface area contributed by atoms with Crippen molar-refractivity contribution in [2.75, 3.05) is 24.4 Å². The van der Waals surface area contributed by atoms with Gasteiger partial charge in [-0.2, -0.15) is 8.78 Å². The summed E-state index contributed by atoms with van der Waals surface area (Å²) in [5, 5.41) is 13.6. The van der Waals surface area contributed by atoms with E-state index in [9.17, 15) is 18.7 Å². The molecule has 1 unspecified atom stereocenters. The van der Waals surface area contributed by atoms with Crippen LogP contribution >= 0.6 is 0 Å². The monoisotopic (exact) mass is 502 g/mol. The number of alkyl halides is 2. The second-order valence-corrected chi connectivity index (χ2v) is 9.82.